The first-order valence-corrected chi connectivity index (χ1v) is 6.36. The molecule has 1 aromatic carbocycles. The van der Waals surface area contributed by atoms with E-state index < -0.39 is 11.7 Å². The quantitative estimate of drug-likeness (QED) is 0.620. The smallest absolute Gasteiger partial charge is 0.254 e. The molecule has 0 radical (unpaired) electrons. The second-order valence-corrected chi connectivity index (χ2v) is 4.49. The zero-order valence-electron chi connectivity index (χ0n) is 9.92. The van der Waals surface area contributed by atoms with E-state index in [1.54, 1.807) is 12.1 Å². The van der Waals surface area contributed by atoms with Gasteiger partial charge in [-0.1, -0.05) is 22.0 Å². The van der Waals surface area contributed by atoms with E-state index >= 15 is 0 Å². The predicted octanol–water partition coefficient (Wildman–Crippen LogP) is 2.91. The minimum absolute atomic E-state index is 0.0318. The van der Waals surface area contributed by atoms with Crippen molar-refractivity contribution in [2.24, 2.45) is 0 Å². The van der Waals surface area contributed by atoms with Gasteiger partial charge < -0.3 is 10.1 Å². The summed E-state index contributed by atoms with van der Waals surface area (Å²) in [7, 11) is 0. The van der Waals surface area contributed by atoms with Crippen molar-refractivity contribution in [1.82, 2.24) is 5.32 Å². The normalized spacial score (nSPS) is 10.1. The van der Waals surface area contributed by atoms with Gasteiger partial charge >= 0.3 is 0 Å². The first-order chi connectivity index (χ1) is 8.65. The number of carbonyl (C=O) groups excluding carboxylic acids is 1. The molecule has 5 heteroatoms. The Morgan fingerprint density at radius 3 is 2.94 bits per heavy atom. The third-order valence-electron chi connectivity index (χ3n) is 2.17. The number of ether oxygens (including phenoxy) is 1. The van der Waals surface area contributed by atoms with Crippen molar-refractivity contribution >= 4 is 21.8 Å². The molecule has 0 aliphatic carbocycles. The Morgan fingerprint density at radius 2 is 2.28 bits per heavy atom. The van der Waals surface area contributed by atoms with Crippen molar-refractivity contribution < 1.29 is 13.9 Å². The molecule has 18 heavy (non-hydrogen) atoms. The molecule has 1 N–H and O–H groups in total. The molecule has 0 fully saturated rings. The molecule has 1 amide bonds. The van der Waals surface area contributed by atoms with Gasteiger partial charge in [-0.05, 0) is 24.6 Å². The van der Waals surface area contributed by atoms with Crippen LogP contribution in [-0.2, 0) is 4.74 Å². The van der Waals surface area contributed by atoms with Crippen molar-refractivity contribution in [3.05, 3.63) is 46.7 Å². The van der Waals surface area contributed by atoms with Crippen molar-refractivity contribution in [3.63, 3.8) is 0 Å². The van der Waals surface area contributed by atoms with Gasteiger partial charge in [-0.2, -0.15) is 0 Å². The summed E-state index contributed by atoms with van der Waals surface area (Å²) in [6.45, 7) is 4.90. The maximum atomic E-state index is 13.4. The highest BCUT2D eigenvalue weighted by Crippen LogP contribution is 2.14. The molecule has 0 spiro atoms. The first kappa shape index (κ1) is 14.9. The summed E-state index contributed by atoms with van der Waals surface area (Å²) in [6.07, 6.45) is 2.53. The largest absolute Gasteiger partial charge is 0.379 e. The molecule has 0 saturated heterocycles. The van der Waals surface area contributed by atoms with Gasteiger partial charge in [-0.15, -0.1) is 6.58 Å². The molecule has 0 heterocycles. The molecule has 1 rings (SSSR count). The predicted molar refractivity (Wildman–Crippen MR) is 72.1 cm³/mol. The molecule has 1 aromatic rings. The third kappa shape index (κ3) is 4.98. The molecule has 0 bridgehead atoms. The second kappa shape index (κ2) is 8.00. The van der Waals surface area contributed by atoms with Gasteiger partial charge in [-0.3, -0.25) is 4.79 Å². The standard InChI is InChI=1S/C13H15BrFNO2/c1-2-3-7-18-8-6-16-13(17)11-5-4-10(14)9-12(11)15/h2,4-5,9H,1,3,6-8H2,(H,16,17). The molecular formula is C13H15BrFNO2. The number of nitrogens with one attached hydrogen (secondary N) is 1. The van der Waals surface area contributed by atoms with Crippen molar-refractivity contribution in [3.8, 4) is 0 Å². The highest BCUT2D eigenvalue weighted by molar-refractivity contribution is 9.10. The minimum Gasteiger partial charge on any atom is -0.379 e. The van der Waals surface area contributed by atoms with E-state index in [2.05, 4.69) is 27.8 Å². The van der Waals surface area contributed by atoms with Crippen LogP contribution in [0.3, 0.4) is 0 Å². The lowest BCUT2D eigenvalue weighted by Gasteiger charge is -2.06. The lowest BCUT2D eigenvalue weighted by atomic mass is 10.2. The average molecular weight is 316 g/mol. The number of halogens is 2. The van der Waals surface area contributed by atoms with Gasteiger partial charge in [0, 0.05) is 11.0 Å². The maximum Gasteiger partial charge on any atom is 0.254 e. The van der Waals surface area contributed by atoms with Crippen LogP contribution in [0.1, 0.15) is 16.8 Å². The Hall–Kier alpha value is -1.20. The molecule has 0 aliphatic heterocycles. The van der Waals surface area contributed by atoms with Crippen molar-refractivity contribution in [2.45, 2.75) is 6.42 Å². The zero-order valence-corrected chi connectivity index (χ0v) is 11.5. The second-order valence-electron chi connectivity index (χ2n) is 3.57. The fourth-order valence-electron chi connectivity index (χ4n) is 1.27. The van der Waals surface area contributed by atoms with Crippen molar-refractivity contribution in [1.29, 1.82) is 0 Å². The van der Waals surface area contributed by atoms with Gasteiger partial charge in [0.25, 0.3) is 5.91 Å². The van der Waals surface area contributed by atoms with Gasteiger partial charge in [0.1, 0.15) is 5.82 Å². The molecule has 0 aliphatic rings. The van der Waals surface area contributed by atoms with Crippen LogP contribution >= 0.6 is 15.9 Å². The maximum absolute atomic E-state index is 13.4. The monoisotopic (exact) mass is 315 g/mol. The SMILES string of the molecule is C=CCCOCCNC(=O)c1ccc(Br)cc1F. The number of carbonyl (C=O) groups is 1. The lowest BCUT2D eigenvalue weighted by Crippen LogP contribution is -2.28. The number of rotatable bonds is 7. The molecule has 0 aromatic heterocycles. The average Bonchev–Trinajstić information content (AvgIpc) is 2.33. The van der Waals surface area contributed by atoms with E-state index in [9.17, 15) is 9.18 Å². The summed E-state index contributed by atoms with van der Waals surface area (Å²) in [5.74, 6) is -0.984. The summed E-state index contributed by atoms with van der Waals surface area (Å²) in [6, 6.07) is 4.32. The van der Waals surface area contributed by atoms with E-state index in [4.69, 9.17) is 4.74 Å². The summed E-state index contributed by atoms with van der Waals surface area (Å²) >= 11 is 3.13. The molecule has 0 atom stereocenters. The van der Waals surface area contributed by atoms with Crippen LogP contribution in [0, 0.1) is 5.82 Å². The number of hydrogen-bond donors (Lipinski definition) is 1. The van der Waals surface area contributed by atoms with Crippen LogP contribution in [0.5, 0.6) is 0 Å². The molecular weight excluding hydrogens is 301 g/mol. The Morgan fingerprint density at radius 1 is 1.50 bits per heavy atom. The van der Waals surface area contributed by atoms with Crippen LogP contribution in [0.15, 0.2) is 35.3 Å². The van der Waals surface area contributed by atoms with Gasteiger partial charge in [0.2, 0.25) is 0 Å². The summed E-state index contributed by atoms with van der Waals surface area (Å²) in [4.78, 5) is 11.6. The number of hydrogen-bond acceptors (Lipinski definition) is 2. The Kier molecular flexibility index (Phi) is 6.60. The highest BCUT2D eigenvalue weighted by atomic mass is 79.9. The van der Waals surface area contributed by atoms with Crippen LogP contribution in [0.25, 0.3) is 0 Å². The van der Waals surface area contributed by atoms with E-state index in [1.807, 2.05) is 0 Å². The van der Waals surface area contributed by atoms with E-state index in [0.29, 0.717) is 24.2 Å². The van der Waals surface area contributed by atoms with Crippen LogP contribution < -0.4 is 5.32 Å². The summed E-state index contributed by atoms with van der Waals surface area (Å²) in [5, 5.41) is 2.59. The molecule has 0 unspecified atom stereocenters. The Labute approximate surface area is 114 Å². The van der Waals surface area contributed by atoms with Gasteiger partial charge in [0.05, 0.1) is 18.8 Å². The van der Waals surface area contributed by atoms with Crippen LogP contribution in [0.2, 0.25) is 0 Å². The summed E-state index contributed by atoms with van der Waals surface area (Å²) < 4.78 is 19.3. The number of benzene rings is 1. The molecule has 0 saturated carbocycles. The van der Waals surface area contributed by atoms with Crippen LogP contribution in [0.4, 0.5) is 4.39 Å². The zero-order chi connectivity index (χ0) is 13.4. The third-order valence-corrected chi connectivity index (χ3v) is 2.67. The summed E-state index contributed by atoms with van der Waals surface area (Å²) in [5.41, 5.74) is 0.0318. The van der Waals surface area contributed by atoms with Crippen LogP contribution in [-0.4, -0.2) is 25.7 Å². The fraction of sp³-hybridized carbons (Fsp3) is 0.308. The van der Waals surface area contributed by atoms with E-state index in [1.165, 1.54) is 12.1 Å². The molecule has 98 valence electrons. The first-order valence-electron chi connectivity index (χ1n) is 5.57. The van der Waals surface area contributed by atoms with E-state index in [-0.39, 0.29) is 5.56 Å². The topological polar surface area (TPSA) is 38.3 Å². The Balaban J connectivity index is 2.34. The minimum atomic E-state index is -0.547. The van der Waals surface area contributed by atoms with Gasteiger partial charge in [0.15, 0.2) is 0 Å². The Bertz CT molecular complexity index is 423. The van der Waals surface area contributed by atoms with Crippen molar-refractivity contribution in [2.75, 3.05) is 19.8 Å². The lowest BCUT2D eigenvalue weighted by molar-refractivity contribution is 0.0914. The van der Waals surface area contributed by atoms with Gasteiger partial charge in [-0.25, -0.2) is 4.39 Å². The molecule has 3 nitrogen and oxygen atoms in total. The highest BCUT2D eigenvalue weighted by Gasteiger charge is 2.10. The van der Waals surface area contributed by atoms with E-state index in [0.717, 1.165) is 6.42 Å². The fourth-order valence-corrected chi connectivity index (χ4v) is 1.61. The number of amides is 1.